The molecule has 0 aliphatic heterocycles. The molecule has 0 fully saturated rings. The highest BCUT2D eigenvalue weighted by Gasteiger charge is 2.97. The first-order valence-electron chi connectivity index (χ1n) is 11.2. The van der Waals surface area contributed by atoms with Crippen LogP contribution in [0.3, 0.4) is 0 Å². The molecule has 0 saturated carbocycles. The van der Waals surface area contributed by atoms with Crippen molar-refractivity contribution in [2.45, 2.75) is 110 Å². The van der Waals surface area contributed by atoms with Gasteiger partial charge in [-0.2, -0.15) is 87.8 Å². The molecule has 25 heteroatoms. The van der Waals surface area contributed by atoms with Crippen LogP contribution in [-0.4, -0.2) is 68.4 Å². The second kappa shape index (κ2) is 11.1. The Morgan fingerprint density at radius 3 is 0.956 bits per heavy atom. The summed E-state index contributed by atoms with van der Waals surface area (Å²) in [5.74, 6) is -82.3. The summed E-state index contributed by atoms with van der Waals surface area (Å²) in [6.07, 6.45) is 0. The number of halogens is 20. The van der Waals surface area contributed by atoms with E-state index in [2.05, 4.69) is 25.3 Å². The molecule has 1 rings (SSSR count). The molecule has 0 aliphatic carbocycles. The van der Waals surface area contributed by atoms with Crippen molar-refractivity contribution < 1.29 is 87.8 Å². The molecule has 0 saturated heterocycles. The van der Waals surface area contributed by atoms with Crippen LogP contribution in [0, 0.1) is 10.2 Å². The van der Waals surface area contributed by atoms with Crippen LogP contribution in [0.25, 0.3) is 0 Å². The number of thiol groups is 2. The summed E-state index contributed by atoms with van der Waals surface area (Å²) in [5, 5.41) is -1.51. The maximum atomic E-state index is 14.6. The Balaban J connectivity index is 3.82. The predicted molar refractivity (Wildman–Crippen MR) is 122 cm³/mol. The van der Waals surface area contributed by atoms with E-state index >= 15 is 0 Å². The second-order valence-corrected chi connectivity index (χ2v) is 12.1. The minimum Gasteiger partial charge on any atom is -0.311 e. The van der Waals surface area contributed by atoms with Crippen LogP contribution in [0.2, 0.25) is 0 Å². The Kier molecular flexibility index (Phi) is 10.3. The first kappa shape index (κ1) is 41.8. The maximum Gasteiger partial charge on any atom is 0.385 e. The number of imidazole rings is 1. The average molecular weight is 763 g/mol. The number of nitrogens with zero attached hydrogens (tertiary/aromatic N) is 2. The van der Waals surface area contributed by atoms with E-state index < -0.39 is 92.9 Å². The van der Waals surface area contributed by atoms with Gasteiger partial charge in [-0.1, -0.05) is 20.8 Å². The molecular weight excluding hydrogens is 744 g/mol. The van der Waals surface area contributed by atoms with Crippen LogP contribution in [0.4, 0.5) is 87.8 Å². The Morgan fingerprint density at radius 1 is 0.444 bits per heavy atom. The summed E-state index contributed by atoms with van der Waals surface area (Å²) in [6, 6.07) is 0. The molecule has 0 N–H and O–H groups in total. The van der Waals surface area contributed by atoms with Crippen molar-refractivity contribution in [3.63, 3.8) is 0 Å². The Labute approximate surface area is 254 Å². The van der Waals surface area contributed by atoms with Gasteiger partial charge in [-0.3, -0.25) is 0 Å². The molecule has 1 aromatic rings. The van der Waals surface area contributed by atoms with Gasteiger partial charge in [-0.15, -0.1) is 25.3 Å². The van der Waals surface area contributed by atoms with Crippen molar-refractivity contribution >= 4 is 37.5 Å². The van der Waals surface area contributed by atoms with E-state index in [1.54, 1.807) is 0 Å². The van der Waals surface area contributed by atoms with Crippen molar-refractivity contribution in [3.8, 4) is 0 Å². The quantitative estimate of drug-likeness (QED) is 0.123. The molecule has 0 aliphatic rings. The second-order valence-electron chi connectivity index (χ2n) is 10.9. The third-order valence-corrected chi connectivity index (χ3v) is 7.46. The fourth-order valence-electron chi connectivity index (χ4n) is 3.31. The molecule has 0 unspecified atom stereocenters. The molecule has 266 valence electrons. The molecule has 1 aromatic heterocycles. The molecule has 45 heavy (non-hydrogen) atoms. The van der Waals surface area contributed by atoms with E-state index in [0.29, 0.717) is 0 Å². The lowest BCUT2D eigenvalue weighted by molar-refractivity contribution is -0.468. The molecule has 0 bridgehead atoms. The molecule has 1 heterocycles. The zero-order valence-electron chi connectivity index (χ0n) is 22.2. The first-order valence-corrected chi connectivity index (χ1v) is 12.5. The number of alkyl halides is 20. The topological polar surface area (TPSA) is 9.86 Å². The molecule has 0 atom stereocenters. The minimum atomic E-state index is -9.08. The summed E-state index contributed by atoms with van der Waals surface area (Å²) in [4.78, 5) is 0. The molecule has 0 radical (unpaired) electrons. The Bertz CT molecular complexity index is 1320. The Morgan fingerprint density at radius 2 is 0.689 bits per heavy atom. The van der Waals surface area contributed by atoms with E-state index in [1.807, 2.05) is 0 Å². The summed E-state index contributed by atoms with van der Waals surface area (Å²) in [5.41, 5.74) is -0.823. The largest absolute Gasteiger partial charge is 0.385 e. The van der Waals surface area contributed by atoms with Crippen molar-refractivity contribution in [3.05, 3.63) is 4.77 Å². The molecule has 0 spiro atoms. The maximum absolute atomic E-state index is 14.6. The Hall–Kier alpha value is -1.27. The van der Waals surface area contributed by atoms with Gasteiger partial charge < -0.3 is 9.13 Å². The highest BCUT2D eigenvalue weighted by atomic mass is 32.1. The van der Waals surface area contributed by atoms with Crippen LogP contribution >= 0.6 is 37.5 Å². The lowest BCUT2D eigenvalue weighted by Gasteiger charge is -2.45. The van der Waals surface area contributed by atoms with Crippen LogP contribution < -0.4 is 0 Å². The third-order valence-electron chi connectivity index (χ3n) is 5.93. The summed E-state index contributed by atoms with van der Waals surface area (Å²) >= 11 is 12.0. The van der Waals surface area contributed by atoms with Crippen LogP contribution in [0.1, 0.15) is 27.7 Å². The highest BCUT2D eigenvalue weighted by molar-refractivity contribution is 7.83. The van der Waals surface area contributed by atoms with Crippen molar-refractivity contribution in [1.29, 1.82) is 0 Å². The SMILES string of the molecule is CC(C)(C)Cn1c(S)c(S)n(CC(F)(F)C(F)(F)C(F)(F)C(F)(F)C(F)(F)C(F)(F)C(F)(F)C(F)(F)C(F)(F)C(C)(F)F)c1=S. The van der Waals surface area contributed by atoms with Crippen molar-refractivity contribution in [2.75, 3.05) is 0 Å². The number of aromatic nitrogens is 2. The number of hydrogen-bond acceptors (Lipinski definition) is 3. The smallest absolute Gasteiger partial charge is 0.311 e. The predicted octanol–water partition coefficient (Wildman–Crippen LogP) is 10.0. The van der Waals surface area contributed by atoms with Crippen LogP contribution in [0.15, 0.2) is 10.1 Å². The third kappa shape index (κ3) is 5.89. The lowest BCUT2D eigenvalue weighted by Crippen LogP contribution is -2.77. The van der Waals surface area contributed by atoms with E-state index in [0.717, 1.165) is 4.57 Å². The van der Waals surface area contributed by atoms with Gasteiger partial charge in [0.05, 0.1) is 6.54 Å². The fraction of sp³-hybridized carbons (Fsp3) is 0.850. The number of rotatable bonds is 12. The van der Waals surface area contributed by atoms with Gasteiger partial charge in [-0.05, 0) is 17.6 Å². The summed E-state index contributed by atoms with van der Waals surface area (Å²) in [6.45, 7) is -0.227. The van der Waals surface area contributed by atoms with Crippen LogP contribution in [-0.2, 0) is 13.1 Å². The van der Waals surface area contributed by atoms with E-state index in [4.69, 9.17) is 12.2 Å². The van der Waals surface area contributed by atoms with Crippen molar-refractivity contribution in [2.24, 2.45) is 5.41 Å². The lowest BCUT2D eigenvalue weighted by atomic mass is 9.85. The average Bonchev–Trinajstić information content (AvgIpc) is 2.99. The molecular formula is C20H18F20N2S3. The zero-order valence-corrected chi connectivity index (χ0v) is 24.8. The zero-order chi connectivity index (χ0) is 36.8. The van der Waals surface area contributed by atoms with Gasteiger partial charge in [0.25, 0.3) is 0 Å². The normalized spacial score (nSPS) is 16.0. The monoisotopic (exact) mass is 762 g/mol. The van der Waals surface area contributed by atoms with Crippen LogP contribution in [0.5, 0.6) is 0 Å². The fourth-order valence-corrected chi connectivity index (χ4v) is 4.33. The standard InChI is InChI=1S/C20H18F20N2S3/c1-10(2,3)5-41-7(43)8(44)42(9(41)45)6-12(23,24)14(27,28)16(31,32)18(35,36)20(39,40)19(37,38)17(33,34)15(29,30)13(25,26)11(4,21)22/h43-44H,5-6H2,1-4H3. The summed E-state index contributed by atoms with van der Waals surface area (Å²) in [7, 11) is 0. The first-order chi connectivity index (χ1) is 19.2. The van der Waals surface area contributed by atoms with Gasteiger partial charge in [0.1, 0.15) is 10.1 Å². The van der Waals surface area contributed by atoms with Gasteiger partial charge in [-0.25, -0.2) is 0 Å². The van der Waals surface area contributed by atoms with Gasteiger partial charge in [0.2, 0.25) is 0 Å². The summed E-state index contributed by atoms with van der Waals surface area (Å²) < 4.78 is 277. The van der Waals surface area contributed by atoms with E-state index in [-0.39, 0.29) is 11.1 Å². The van der Waals surface area contributed by atoms with Crippen molar-refractivity contribution in [1.82, 2.24) is 9.13 Å². The van der Waals surface area contributed by atoms with Gasteiger partial charge >= 0.3 is 59.2 Å². The molecule has 0 amide bonds. The molecule has 2 nitrogen and oxygen atoms in total. The minimum absolute atomic E-state index is 0.289. The van der Waals surface area contributed by atoms with Gasteiger partial charge in [0, 0.05) is 13.5 Å². The van der Waals surface area contributed by atoms with E-state index in [1.165, 1.54) is 20.8 Å². The number of hydrogen-bond donors (Lipinski definition) is 2. The molecule has 0 aromatic carbocycles. The highest BCUT2D eigenvalue weighted by Crippen LogP contribution is 2.66. The van der Waals surface area contributed by atoms with E-state index in [9.17, 15) is 87.8 Å². The van der Waals surface area contributed by atoms with Gasteiger partial charge in [0.15, 0.2) is 4.77 Å².